The van der Waals surface area contributed by atoms with Gasteiger partial charge in [-0.3, -0.25) is 0 Å². The van der Waals surface area contributed by atoms with E-state index < -0.39 is 0 Å². The van der Waals surface area contributed by atoms with E-state index in [9.17, 15) is 0 Å². The SMILES string of the molecule is CN(c1ccc2c(c1)C(C)(C)c1ccccc1-2)c1cccc2c1N(c1ccccc1)c1ccccc1-c1ccccc1-2. The number of para-hydroxylation sites is 3. The molecule has 2 aliphatic rings. The summed E-state index contributed by atoms with van der Waals surface area (Å²) in [5.74, 6) is 0. The van der Waals surface area contributed by atoms with E-state index in [1.54, 1.807) is 0 Å². The highest BCUT2D eigenvalue weighted by atomic mass is 15.2. The van der Waals surface area contributed by atoms with E-state index >= 15 is 0 Å². The quantitative estimate of drug-likeness (QED) is 0.220. The Kier molecular flexibility index (Phi) is 5.42. The van der Waals surface area contributed by atoms with Crippen LogP contribution in [0.15, 0.2) is 140 Å². The molecule has 0 radical (unpaired) electrons. The van der Waals surface area contributed by atoms with Crippen molar-refractivity contribution in [3.8, 4) is 33.4 Å². The van der Waals surface area contributed by atoms with Crippen LogP contribution in [0.2, 0.25) is 0 Å². The van der Waals surface area contributed by atoms with Crippen LogP contribution in [0.3, 0.4) is 0 Å². The van der Waals surface area contributed by atoms with Crippen LogP contribution in [0.1, 0.15) is 25.0 Å². The molecule has 0 saturated heterocycles. The maximum absolute atomic E-state index is 2.45. The Morgan fingerprint density at radius 2 is 1.10 bits per heavy atom. The first-order valence-electron chi connectivity index (χ1n) is 14.7. The van der Waals surface area contributed by atoms with Crippen LogP contribution in [-0.2, 0) is 5.41 Å². The van der Waals surface area contributed by atoms with Gasteiger partial charge in [-0.25, -0.2) is 0 Å². The molecule has 42 heavy (non-hydrogen) atoms. The standard InChI is InChI=1S/C40H32N2/c1-40(2)35-21-11-9-18-31(35)32-25-24-28(26-36(32)40)41(3)38-23-13-20-34-30-17-8-7-16-29(30)33-19-10-12-22-37(33)42(39(34)38)27-14-5-4-6-15-27/h4-26H,1-3H3. The molecule has 0 N–H and O–H groups in total. The average molecular weight is 541 g/mol. The Bertz CT molecular complexity index is 1990. The van der Waals surface area contributed by atoms with Crippen molar-refractivity contribution in [1.82, 2.24) is 0 Å². The minimum atomic E-state index is -0.0513. The van der Waals surface area contributed by atoms with Crippen molar-refractivity contribution in [2.24, 2.45) is 0 Å². The van der Waals surface area contributed by atoms with Gasteiger partial charge in [0.1, 0.15) is 0 Å². The van der Waals surface area contributed by atoms with Gasteiger partial charge in [0.05, 0.1) is 17.1 Å². The maximum atomic E-state index is 2.45. The molecule has 1 heterocycles. The van der Waals surface area contributed by atoms with Crippen LogP contribution in [0.5, 0.6) is 0 Å². The summed E-state index contributed by atoms with van der Waals surface area (Å²) in [6.45, 7) is 4.70. The molecule has 0 aromatic heterocycles. The molecule has 8 rings (SSSR count). The van der Waals surface area contributed by atoms with Gasteiger partial charge in [0.25, 0.3) is 0 Å². The Hall–Kier alpha value is -5.08. The average Bonchev–Trinajstić information content (AvgIpc) is 3.19. The van der Waals surface area contributed by atoms with Crippen molar-refractivity contribution in [3.05, 3.63) is 151 Å². The van der Waals surface area contributed by atoms with Crippen molar-refractivity contribution < 1.29 is 0 Å². The predicted molar refractivity (Wildman–Crippen MR) is 178 cm³/mol. The Morgan fingerprint density at radius 3 is 1.88 bits per heavy atom. The smallest absolute Gasteiger partial charge is 0.0778 e. The summed E-state index contributed by atoms with van der Waals surface area (Å²) in [5.41, 5.74) is 16.2. The highest BCUT2D eigenvalue weighted by Gasteiger charge is 2.36. The number of benzene rings is 6. The molecule has 0 bridgehead atoms. The third kappa shape index (κ3) is 3.51. The monoisotopic (exact) mass is 540 g/mol. The van der Waals surface area contributed by atoms with Gasteiger partial charge in [-0.2, -0.15) is 0 Å². The molecule has 0 saturated carbocycles. The zero-order valence-corrected chi connectivity index (χ0v) is 24.2. The summed E-state index contributed by atoms with van der Waals surface area (Å²) in [7, 11) is 2.21. The second-order valence-electron chi connectivity index (χ2n) is 11.9. The van der Waals surface area contributed by atoms with Crippen LogP contribution in [0, 0.1) is 0 Å². The third-order valence-corrected chi connectivity index (χ3v) is 9.22. The van der Waals surface area contributed by atoms with Gasteiger partial charge >= 0.3 is 0 Å². The molecule has 0 amide bonds. The van der Waals surface area contributed by atoms with E-state index in [1.165, 1.54) is 61.6 Å². The fourth-order valence-corrected chi connectivity index (χ4v) is 7.11. The van der Waals surface area contributed by atoms with Gasteiger partial charge < -0.3 is 9.80 Å². The summed E-state index contributed by atoms with van der Waals surface area (Å²) < 4.78 is 0. The first kappa shape index (κ1) is 24.7. The van der Waals surface area contributed by atoms with E-state index in [0.29, 0.717) is 0 Å². The largest absolute Gasteiger partial charge is 0.343 e. The minimum Gasteiger partial charge on any atom is -0.343 e. The molecule has 0 spiro atoms. The Labute approximate surface area is 248 Å². The van der Waals surface area contributed by atoms with Crippen LogP contribution < -0.4 is 9.80 Å². The normalized spacial score (nSPS) is 13.7. The van der Waals surface area contributed by atoms with Crippen LogP contribution >= 0.6 is 0 Å². The van der Waals surface area contributed by atoms with E-state index in [1.807, 2.05) is 0 Å². The molecule has 202 valence electrons. The number of anilines is 5. The number of nitrogens with zero attached hydrogens (tertiary/aromatic N) is 2. The van der Waals surface area contributed by atoms with Crippen molar-refractivity contribution >= 4 is 28.4 Å². The third-order valence-electron chi connectivity index (χ3n) is 9.22. The van der Waals surface area contributed by atoms with Crippen LogP contribution in [0.4, 0.5) is 28.4 Å². The van der Waals surface area contributed by atoms with Gasteiger partial charge in [0, 0.05) is 35.0 Å². The van der Waals surface area contributed by atoms with Crippen LogP contribution in [-0.4, -0.2) is 7.05 Å². The fraction of sp³-hybridized carbons (Fsp3) is 0.100. The maximum Gasteiger partial charge on any atom is 0.0778 e. The van der Waals surface area contributed by atoms with Gasteiger partial charge in [0.15, 0.2) is 0 Å². The Balaban J connectivity index is 1.37. The van der Waals surface area contributed by atoms with Gasteiger partial charge in [-0.1, -0.05) is 117 Å². The lowest BCUT2D eigenvalue weighted by molar-refractivity contribution is 0.660. The summed E-state index contributed by atoms with van der Waals surface area (Å²) in [6, 6.07) is 51.0. The molecule has 2 heteroatoms. The number of hydrogen-bond acceptors (Lipinski definition) is 2. The highest BCUT2D eigenvalue weighted by Crippen LogP contribution is 2.55. The number of fused-ring (bicyclic) bond motifs is 8. The van der Waals surface area contributed by atoms with E-state index in [-0.39, 0.29) is 5.41 Å². The lowest BCUT2D eigenvalue weighted by Crippen LogP contribution is -2.19. The first-order chi connectivity index (χ1) is 20.5. The molecule has 0 unspecified atom stereocenters. The Morgan fingerprint density at radius 1 is 0.500 bits per heavy atom. The topological polar surface area (TPSA) is 6.48 Å². The van der Waals surface area contributed by atoms with E-state index in [2.05, 4.69) is 170 Å². The van der Waals surface area contributed by atoms with Gasteiger partial charge in [-0.15, -0.1) is 0 Å². The molecule has 0 fully saturated rings. The molecule has 1 aliphatic heterocycles. The zero-order chi connectivity index (χ0) is 28.4. The molecule has 1 aliphatic carbocycles. The molecular weight excluding hydrogens is 508 g/mol. The zero-order valence-electron chi connectivity index (χ0n) is 24.2. The second-order valence-corrected chi connectivity index (χ2v) is 11.9. The first-order valence-corrected chi connectivity index (χ1v) is 14.7. The van der Waals surface area contributed by atoms with Crippen LogP contribution in [0.25, 0.3) is 33.4 Å². The lowest BCUT2D eigenvalue weighted by atomic mass is 9.82. The molecule has 6 aromatic carbocycles. The summed E-state index contributed by atoms with van der Waals surface area (Å²) in [5, 5.41) is 0. The molecule has 2 nitrogen and oxygen atoms in total. The minimum absolute atomic E-state index is 0.0513. The molecular formula is C40H32N2. The van der Waals surface area contributed by atoms with E-state index in [0.717, 1.165) is 11.4 Å². The van der Waals surface area contributed by atoms with E-state index in [4.69, 9.17) is 0 Å². The van der Waals surface area contributed by atoms with Gasteiger partial charge in [-0.05, 0) is 69.8 Å². The van der Waals surface area contributed by atoms with Gasteiger partial charge in [0.2, 0.25) is 0 Å². The highest BCUT2D eigenvalue weighted by molar-refractivity contribution is 6.06. The summed E-state index contributed by atoms with van der Waals surface area (Å²) >= 11 is 0. The van der Waals surface area contributed by atoms with Crippen molar-refractivity contribution in [3.63, 3.8) is 0 Å². The number of hydrogen-bond donors (Lipinski definition) is 0. The summed E-state index contributed by atoms with van der Waals surface area (Å²) in [4.78, 5) is 4.81. The van der Waals surface area contributed by atoms with Crippen molar-refractivity contribution in [2.75, 3.05) is 16.8 Å². The van der Waals surface area contributed by atoms with Crippen molar-refractivity contribution in [1.29, 1.82) is 0 Å². The lowest BCUT2D eigenvalue weighted by Gasteiger charge is -2.33. The predicted octanol–water partition coefficient (Wildman–Crippen LogP) is 10.9. The summed E-state index contributed by atoms with van der Waals surface area (Å²) in [6.07, 6.45) is 0. The second kappa shape index (κ2) is 9.22. The number of rotatable bonds is 3. The van der Waals surface area contributed by atoms with Crippen molar-refractivity contribution in [2.45, 2.75) is 19.3 Å². The fourth-order valence-electron chi connectivity index (χ4n) is 7.11. The molecule has 0 atom stereocenters. The molecule has 6 aromatic rings.